The Bertz CT molecular complexity index is 763. The Morgan fingerprint density at radius 2 is 2.08 bits per heavy atom. The van der Waals surface area contributed by atoms with E-state index in [1.54, 1.807) is 0 Å². The average Bonchev–Trinajstić information content (AvgIpc) is 2.92. The molecule has 0 saturated carbocycles. The minimum atomic E-state index is -4.50. The molecule has 10 heteroatoms. The summed E-state index contributed by atoms with van der Waals surface area (Å²) < 4.78 is 38.6. The Morgan fingerprint density at radius 3 is 2.79 bits per heavy atom. The number of carbonyl (C=O) groups excluding carboxylic acids is 1. The molecule has 0 aliphatic carbocycles. The molecular weight excluding hydrogens is 413 g/mol. The maximum absolute atomic E-state index is 12.9. The first kappa shape index (κ1) is 18.8. The Hall–Kier alpha value is -1.58. The molecule has 0 unspecified atom stereocenters. The van der Waals surface area contributed by atoms with Crippen LogP contribution in [0.15, 0.2) is 22.7 Å². The molecule has 0 saturated heterocycles. The smallest absolute Gasteiger partial charge is 0.321 e. The van der Waals surface area contributed by atoms with Crippen molar-refractivity contribution in [2.45, 2.75) is 19.1 Å². The van der Waals surface area contributed by atoms with Gasteiger partial charge in [0.1, 0.15) is 0 Å². The molecule has 1 aliphatic rings. The molecule has 0 atom stereocenters. The van der Waals surface area contributed by atoms with E-state index in [1.807, 2.05) is 0 Å². The Morgan fingerprint density at radius 1 is 1.33 bits per heavy atom. The number of anilines is 1. The number of aromatic amines is 1. The first-order chi connectivity index (χ1) is 10.9. The monoisotopic (exact) mass is 424 g/mol. The summed E-state index contributed by atoms with van der Waals surface area (Å²) in [7, 11) is 0. The van der Waals surface area contributed by atoms with Gasteiger partial charge in [0.2, 0.25) is 0 Å². The molecule has 0 fully saturated rings. The fourth-order valence-corrected chi connectivity index (χ4v) is 2.90. The van der Waals surface area contributed by atoms with Crippen LogP contribution >= 0.6 is 28.3 Å². The summed E-state index contributed by atoms with van der Waals surface area (Å²) in [6.07, 6.45) is -3.78. The molecule has 3 N–H and O–H groups in total. The summed E-state index contributed by atoms with van der Waals surface area (Å²) in [6.45, 7) is 1.29. The van der Waals surface area contributed by atoms with Gasteiger partial charge >= 0.3 is 6.18 Å². The van der Waals surface area contributed by atoms with Crippen molar-refractivity contribution in [2.24, 2.45) is 0 Å². The SMILES string of the molecule is Cl.O=C(Nc1ccc(Br)c(C(F)(F)F)c1)c1n[nH]c2c1CNCC2. The van der Waals surface area contributed by atoms with Gasteiger partial charge in [0.15, 0.2) is 5.69 Å². The lowest BCUT2D eigenvalue weighted by Gasteiger charge is -2.14. The van der Waals surface area contributed by atoms with Crippen molar-refractivity contribution >= 4 is 39.9 Å². The van der Waals surface area contributed by atoms with Crippen LogP contribution in [0, 0.1) is 0 Å². The number of rotatable bonds is 2. The molecule has 2 heterocycles. The molecule has 0 radical (unpaired) electrons. The zero-order valence-corrected chi connectivity index (χ0v) is 14.5. The van der Waals surface area contributed by atoms with E-state index in [0.29, 0.717) is 6.54 Å². The lowest BCUT2D eigenvalue weighted by atomic mass is 10.1. The van der Waals surface area contributed by atoms with E-state index in [0.717, 1.165) is 30.3 Å². The van der Waals surface area contributed by atoms with Crippen LogP contribution in [0.5, 0.6) is 0 Å². The second-order valence-electron chi connectivity index (χ2n) is 5.10. The fourth-order valence-electron chi connectivity index (χ4n) is 2.42. The van der Waals surface area contributed by atoms with Crippen LogP contribution in [0.25, 0.3) is 0 Å². The summed E-state index contributed by atoms with van der Waals surface area (Å²) in [5, 5.41) is 12.4. The zero-order valence-electron chi connectivity index (χ0n) is 12.1. The summed E-state index contributed by atoms with van der Waals surface area (Å²) in [6, 6.07) is 3.54. The highest BCUT2D eigenvalue weighted by atomic mass is 79.9. The number of H-pyrrole nitrogens is 1. The molecule has 0 spiro atoms. The maximum atomic E-state index is 12.9. The van der Waals surface area contributed by atoms with Crippen LogP contribution in [-0.4, -0.2) is 22.6 Å². The zero-order chi connectivity index (χ0) is 16.6. The molecule has 3 rings (SSSR count). The van der Waals surface area contributed by atoms with Crippen LogP contribution in [0.2, 0.25) is 0 Å². The molecule has 5 nitrogen and oxygen atoms in total. The van der Waals surface area contributed by atoms with E-state index in [-0.39, 0.29) is 28.3 Å². The van der Waals surface area contributed by atoms with Gasteiger partial charge in [-0.25, -0.2) is 0 Å². The normalized spacial score (nSPS) is 13.8. The van der Waals surface area contributed by atoms with Gasteiger partial charge in [-0.05, 0) is 18.2 Å². The quantitative estimate of drug-likeness (QED) is 0.690. The standard InChI is InChI=1S/C14H12BrF3N4O.ClH/c15-10-2-1-7(5-9(10)14(16,17)18)20-13(23)12-8-6-19-4-3-11(8)21-22-12;/h1-2,5,19H,3-4,6H2,(H,20,23)(H,21,22);1H. The largest absolute Gasteiger partial charge is 0.417 e. The molecule has 1 aromatic carbocycles. The Kier molecular flexibility index (Phi) is 5.56. The van der Waals surface area contributed by atoms with Crippen LogP contribution < -0.4 is 10.6 Å². The van der Waals surface area contributed by atoms with E-state index in [9.17, 15) is 18.0 Å². The van der Waals surface area contributed by atoms with Gasteiger partial charge in [-0.3, -0.25) is 9.89 Å². The van der Waals surface area contributed by atoms with Gasteiger partial charge in [-0.2, -0.15) is 18.3 Å². The van der Waals surface area contributed by atoms with Crippen molar-refractivity contribution in [1.29, 1.82) is 0 Å². The number of benzene rings is 1. The van der Waals surface area contributed by atoms with Gasteiger partial charge in [-0.15, -0.1) is 12.4 Å². The molecule has 1 aliphatic heterocycles. The molecular formula is C14H13BrClF3N4O. The number of aromatic nitrogens is 2. The van der Waals surface area contributed by atoms with Crippen LogP contribution in [0.4, 0.5) is 18.9 Å². The number of fused-ring (bicyclic) bond motifs is 1. The number of nitrogens with zero attached hydrogens (tertiary/aromatic N) is 1. The summed E-state index contributed by atoms with van der Waals surface area (Å²) in [5.74, 6) is -0.540. The van der Waals surface area contributed by atoms with Crippen LogP contribution in [0.1, 0.15) is 27.3 Å². The molecule has 130 valence electrons. The van der Waals surface area contributed by atoms with Crippen LogP contribution in [-0.2, 0) is 19.1 Å². The summed E-state index contributed by atoms with van der Waals surface area (Å²) in [4.78, 5) is 12.3. The highest BCUT2D eigenvalue weighted by Crippen LogP contribution is 2.36. The van der Waals surface area contributed by atoms with Crippen molar-refractivity contribution in [1.82, 2.24) is 15.5 Å². The van der Waals surface area contributed by atoms with Crippen molar-refractivity contribution in [3.63, 3.8) is 0 Å². The number of nitrogens with one attached hydrogen (secondary N) is 3. The van der Waals surface area contributed by atoms with Crippen molar-refractivity contribution < 1.29 is 18.0 Å². The predicted octanol–water partition coefficient (Wildman–Crippen LogP) is 3.51. The van der Waals surface area contributed by atoms with Crippen molar-refractivity contribution in [3.8, 4) is 0 Å². The second-order valence-corrected chi connectivity index (χ2v) is 5.96. The van der Waals surface area contributed by atoms with Crippen molar-refractivity contribution in [2.75, 3.05) is 11.9 Å². The molecule has 1 aromatic heterocycles. The van der Waals surface area contributed by atoms with Gasteiger partial charge in [0.25, 0.3) is 5.91 Å². The van der Waals surface area contributed by atoms with Crippen LogP contribution in [0.3, 0.4) is 0 Å². The molecule has 1 amide bonds. The van der Waals surface area contributed by atoms with Gasteiger partial charge in [0, 0.05) is 40.9 Å². The minimum Gasteiger partial charge on any atom is -0.321 e. The average molecular weight is 426 g/mol. The number of halogens is 5. The summed E-state index contributed by atoms with van der Waals surface area (Å²) >= 11 is 2.86. The topological polar surface area (TPSA) is 69.8 Å². The highest BCUT2D eigenvalue weighted by molar-refractivity contribution is 9.10. The lowest BCUT2D eigenvalue weighted by molar-refractivity contribution is -0.138. The van der Waals surface area contributed by atoms with E-state index in [2.05, 4.69) is 36.8 Å². The third kappa shape index (κ3) is 3.73. The van der Waals surface area contributed by atoms with Gasteiger partial charge < -0.3 is 10.6 Å². The highest BCUT2D eigenvalue weighted by Gasteiger charge is 2.33. The number of hydrogen-bond donors (Lipinski definition) is 3. The first-order valence-electron chi connectivity index (χ1n) is 6.81. The van der Waals surface area contributed by atoms with Gasteiger partial charge in [-0.1, -0.05) is 15.9 Å². The third-order valence-corrected chi connectivity index (χ3v) is 4.24. The Labute approximate surface area is 149 Å². The molecule has 24 heavy (non-hydrogen) atoms. The first-order valence-corrected chi connectivity index (χ1v) is 7.60. The van der Waals surface area contributed by atoms with E-state index in [4.69, 9.17) is 0 Å². The molecule has 2 aromatic rings. The predicted molar refractivity (Wildman–Crippen MR) is 88.3 cm³/mol. The third-order valence-electron chi connectivity index (χ3n) is 3.55. The van der Waals surface area contributed by atoms with Gasteiger partial charge in [0.05, 0.1) is 5.56 Å². The number of amides is 1. The maximum Gasteiger partial charge on any atom is 0.417 e. The second kappa shape index (κ2) is 7.12. The summed E-state index contributed by atoms with van der Waals surface area (Å²) in [5.41, 5.74) is 1.04. The minimum absolute atomic E-state index is 0. The Balaban J connectivity index is 0.00000208. The van der Waals surface area contributed by atoms with E-state index >= 15 is 0 Å². The van der Waals surface area contributed by atoms with E-state index in [1.165, 1.54) is 12.1 Å². The van der Waals surface area contributed by atoms with E-state index < -0.39 is 17.6 Å². The fraction of sp³-hybridized carbons (Fsp3) is 0.286. The molecule has 0 bridgehead atoms. The lowest BCUT2D eigenvalue weighted by Crippen LogP contribution is -2.25. The number of hydrogen-bond acceptors (Lipinski definition) is 3. The van der Waals surface area contributed by atoms with Crippen molar-refractivity contribution in [3.05, 3.63) is 45.2 Å². The number of alkyl halides is 3. The number of carbonyl (C=O) groups is 1.